The zero-order valence-electron chi connectivity index (χ0n) is 27.2. The standard InChI is InChI=1S/C36H69NO4/c1-3-5-7-9-11-13-14-15-16-17-18-19-20-21-23-25-27-29-31-35(40)36(41)37-33(32-38)34(39)30-28-26-24-22-12-10-8-6-4-2/h24,26,28,30,33-35,38-40H,3-23,25,27,29,31-32H2,1-2H3,(H,37,41)/b26-24+,30-28+/t33-,34+,35?/m0/s1. The van der Waals surface area contributed by atoms with Crippen molar-refractivity contribution in [1.82, 2.24) is 5.32 Å². The van der Waals surface area contributed by atoms with Gasteiger partial charge in [0.05, 0.1) is 18.8 Å². The molecule has 3 atom stereocenters. The number of allylic oxidation sites excluding steroid dienone is 3. The van der Waals surface area contributed by atoms with E-state index in [-0.39, 0.29) is 6.61 Å². The molecule has 4 N–H and O–H groups in total. The summed E-state index contributed by atoms with van der Waals surface area (Å²) < 4.78 is 0. The van der Waals surface area contributed by atoms with Gasteiger partial charge in [-0.2, -0.15) is 0 Å². The second-order valence-corrected chi connectivity index (χ2v) is 12.1. The van der Waals surface area contributed by atoms with E-state index in [2.05, 4.69) is 25.2 Å². The molecular weight excluding hydrogens is 510 g/mol. The van der Waals surface area contributed by atoms with E-state index in [9.17, 15) is 20.1 Å². The molecule has 0 fully saturated rings. The minimum atomic E-state index is -1.10. The smallest absolute Gasteiger partial charge is 0.249 e. The van der Waals surface area contributed by atoms with Crippen molar-refractivity contribution < 1.29 is 20.1 Å². The average molecular weight is 580 g/mol. The molecule has 0 aromatic rings. The molecule has 0 aliphatic carbocycles. The van der Waals surface area contributed by atoms with Crippen LogP contribution in [0.2, 0.25) is 0 Å². The maximum Gasteiger partial charge on any atom is 0.249 e. The number of amides is 1. The quantitative estimate of drug-likeness (QED) is 0.0487. The van der Waals surface area contributed by atoms with Crippen molar-refractivity contribution in [1.29, 1.82) is 0 Å². The molecule has 5 heteroatoms. The van der Waals surface area contributed by atoms with Crippen molar-refractivity contribution in [3.05, 3.63) is 24.3 Å². The minimum absolute atomic E-state index is 0.385. The molecule has 0 heterocycles. The Bertz CT molecular complexity index is 606. The molecule has 0 saturated heterocycles. The van der Waals surface area contributed by atoms with Gasteiger partial charge in [-0.05, 0) is 19.3 Å². The largest absolute Gasteiger partial charge is 0.394 e. The summed E-state index contributed by atoms with van der Waals surface area (Å²) in [4.78, 5) is 12.3. The molecule has 1 amide bonds. The van der Waals surface area contributed by atoms with E-state index in [1.165, 1.54) is 128 Å². The third-order valence-electron chi connectivity index (χ3n) is 8.10. The Kier molecular flexibility index (Phi) is 30.9. The Balaban J connectivity index is 3.71. The Morgan fingerprint density at radius 1 is 0.610 bits per heavy atom. The van der Waals surface area contributed by atoms with Gasteiger partial charge in [0, 0.05) is 0 Å². The van der Waals surface area contributed by atoms with Crippen molar-refractivity contribution in [3.8, 4) is 0 Å². The first kappa shape index (κ1) is 39.8. The van der Waals surface area contributed by atoms with Gasteiger partial charge in [-0.3, -0.25) is 4.79 Å². The Labute approximate surface area is 254 Å². The van der Waals surface area contributed by atoms with Gasteiger partial charge in [0.1, 0.15) is 6.10 Å². The molecule has 0 spiro atoms. The lowest BCUT2D eigenvalue weighted by atomic mass is 10.0. The van der Waals surface area contributed by atoms with Crippen LogP contribution < -0.4 is 5.32 Å². The van der Waals surface area contributed by atoms with Crippen molar-refractivity contribution in [2.75, 3.05) is 6.61 Å². The van der Waals surface area contributed by atoms with Gasteiger partial charge in [-0.15, -0.1) is 0 Å². The van der Waals surface area contributed by atoms with E-state index in [4.69, 9.17) is 0 Å². The Hall–Kier alpha value is -1.17. The van der Waals surface area contributed by atoms with Crippen molar-refractivity contribution >= 4 is 5.91 Å². The molecule has 0 aromatic heterocycles. The topological polar surface area (TPSA) is 89.8 Å². The van der Waals surface area contributed by atoms with E-state index < -0.39 is 24.2 Å². The number of carbonyl (C=O) groups excluding carboxylic acids is 1. The third kappa shape index (κ3) is 27.4. The number of aliphatic hydroxyl groups is 3. The predicted octanol–water partition coefficient (Wildman–Crippen LogP) is 9.09. The molecule has 0 aromatic carbocycles. The van der Waals surface area contributed by atoms with Crippen LogP contribution in [-0.2, 0) is 4.79 Å². The molecule has 0 bridgehead atoms. The lowest BCUT2D eigenvalue weighted by molar-refractivity contribution is -0.131. The van der Waals surface area contributed by atoms with Crippen LogP contribution in [0.5, 0.6) is 0 Å². The number of carbonyl (C=O) groups is 1. The van der Waals surface area contributed by atoms with Gasteiger partial charge < -0.3 is 20.6 Å². The number of nitrogens with one attached hydrogen (secondary N) is 1. The molecule has 1 unspecified atom stereocenters. The predicted molar refractivity (Wildman–Crippen MR) is 176 cm³/mol. The molecule has 0 rings (SSSR count). The first-order chi connectivity index (χ1) is 20.1. The normalized spacial score (nSPS) is 14.2. The Morgan fingerprint density at radius 2 is 1.02 bits per heavy atom. The van der Waals surface area contributed by atoms with Crippen LogP contribution in [0, 0.1) is 0 Å². The fourth-order valence-electron chi connectivity index (χ4n) is 5.24. The molecule has 41 heavy (non-hydrogen) atoms. The molecule has 0 radical (unpaired) electrons. The fraction of sp³-hybridized carbons (Fsp3) is 0.861. The number of hydrogen-bond acceptors (Lipinski definition) is 4. The maximum atomic E-state index is 12.3. The highest BCUT2D eigenvalue weighted by molar-refractivity contribution is 5.80. The number of aliphatic hydroxyl groups excluding tert-OH is 3. The summed E-state index contributed by atoms with van der Waals surface area (Å²) >= 11 is 0. The highest BCUT2D eigenvalue weighted by atomic mass is 16.3. The maximum absolute atomic E-state index is 12.3. The van der Waals surface area contributed by atoms with E-state index >= 15 is 0 Å². The first-order valence-electron chi connectivity index (χ1n) is 17.7. The summed E-state index contributed by atoms with van der Waals surface area (Å²) in [5, 5.41) is 32.7. The molecule has 242 valence electrons. The molecular formula is C36H69NO4. The van der Waals surface area contributed by atoms with Crippen LogP contribution in [0.4, 0.5) is 0 Å². The Morgan fingerprint density at radius 3 is 1.46 bits per heavy atom. The summed E-state index contributed by atoms with van der Waals surface area (Å²) in [6.45, 7) is 4.10. The van der Waals surface area contributed by atoms with Crippen LogP contribution in [0.1, 0.15) is 174 Å². The fourth-order valence-corrected chi connectivity index (χ4v) is 5.24. The highest BCUT2D eigenvalue weighted by Gasteiger charge is 2.22. The summed E-state index contributed by atoms with van der Waals surface area (Å²) in [7, 11) is 0. The van der Waals surface area contributed by atoms with E-state index in [0.717, 1.165) is 25.7 Å². The van der Waals surface area contributed by atoms with Crippen LogP contribution in [-0.4, -0.2) is 46.1 Å². The number of hydrogen-bond donors (Lipinski definition) is 4. The van der Waals surface area contributed by atoms with Gasteiger partial charge in [-0.1, -0.05) is 179 Å². The number of rotatable bonds is 31. The zero-order chi connectivity index (χ0) is 30.2. The van der Waals surface area contributed by atoms with Gasteiger partial charge in [0.2, 0.25) is 5.91 Å². The zero-order valence-corrected chi connectivity index (χ0v) is 27.2. The van der Waals surface area contributed by atoms with E-state index in [1.54, 1.807) is 12.2 Å². The summed E-state index contributed by atoms with van der Waals surface area (Å²) in [6, 6.07) is -0.823. The minimum Gasteiger partial charge on any atom is -0.394 e. The lowest BCUT2D eigenvalue weighted by Crippen LogP contribution is -2.48. The molecule has 0 aliphatic rings. The first-order valence-corrected chi connectivity index (χ1v) is 17.7. The molecule has 5 nitrogen and oxygen atoms in total. The van der Waals surface area contributed by atoms with Crippen LogP contribution in [0.25, 0.3) is 0 Å². The molecule has 0 aliphatic heterocycles. The van der Waals surface area contributed by atoms with Gasteiger partial charge in [0.15, 0.2) is 0 Å². The summed E-state index contributed by atoms with van der Waals surface area (Å²) in [5.74, 6) is -0.522. The van der Waals surface area contributed by atoms with Crippen LogP contribution in [0.3, 0.4) is 0 Å². The monoisotopic (exact) mass is 580 g/mol. The highest BCUT2D eigenvalue weighted by Crippen LogP contribution is 2.15. The second kappa shape index (κ2) is 31.8. The summed E-state index contributed by atoms with van der Waals surface area (Å²) in [5.41, 5.74) is 0. The average Bonchev–Trinajstić information content (AvgIpc) is 2.98. The lowest BCUT2D eigenvalue weighted by Gasteiger charge is -2.21. The molecule has 0 saturated carbocycles. The van der Waals surface area contributed by atoms with Crippen LogP contribution >= 0.6 is 0 Å². The number of unbranched alkanes of at least 4 members (excludes halogenated alkanes) is 22. The van der Waals surface area contributed by atoms with Gasteiger partial charge >= 0.3 is 0 Å². The SMILES string of the molecule is CCCCCCC/C=C/C=C/[C@@H](O)[C@H](CO)NC(=O)C(O)CCCCCCCCCCCCCCCCCCCC. The van der Waals surface area contributed by atoms with E-state index in [0.29, 0.717) is 6.42 Å². The van der Waals surface area contributed by atoms with Crippen molar-refractivity contribution in [3.63, 3.8) is 0 Å². The van der Waals surface area contributed by atoms with Crippen molar-refractivity contribution in [2.45, 2.75) is 193 Å². The summed E-state index contributed by atoms with van der Waals surface area (Å²) in [6.07, 6.45) is 36.4. The van der Waals surface area contributed by atoms with Crippen LogP contribution in [0.15, 0.2) is 24.3 Å². The van der Waals surface area contributed by atoms with E-state index in [1.807, 2.05) is 6.08 Å². The second-order valence-electron chi connectivity index (χ2n) is 12.1. The van der Waals surface area contributed by atoms with Gasteiger partial charge in [0.25, 0.3) is 0 Å². The van der Waals surface area contributed by atoms with Crippen molar-refractivity contribution in [2.24, 2.45) is 0 Å². The third-order valence-corrected chi connectivity index (χ3v) is 8.10. The van der Waals surface area contributed by atoms with Gasteiger partial charge in [-0.25, -0.2) is 0 Å².